The molecular weight excluding hydrogens is 324 g/mol. The van der Waals surface area contributed by atoms with Gasteiger partial charge in [0.1, 0.15) is 24.4 Å². The van der Waals surface area contributed by atoms with Gasteiger partial charge < -0.3 is 9.47 Å². The first kappa shape index (κ1) is 20.5. The summed E-state index contributed by atoms with van der Waals surface area (Å²) in [5.41, 5.74) is -0.413. The van der Waals surface area contributed by atoms with Crippen LogP contribution in [0.15, 0.2) is 30.3 Å². The third-order valence-electron chi connectivity index (χ3n) is 3.44. The summed E-state index contributed by atoms with van der Waals surface area (Å²) in [7, 11) is 0. The predicted octanol–water partition coefficient (Wildman–Crippen LogP) is 2.93. The van der Waals surface area contributed by atoms with Crippen molar-refractivity contribution in [2.45, 2.75) is 53.2 Å². The van der Waals surface area contributed by atoms with E-state index in [1.165, 1.54) is 13.8 Å². The lowest BCUT2D eigenvalue weighted by molar-refractivity contribution is -0.272. The van der Waals surface area contributed by atoms with E-state index in [2.05, 4.69) is 0 Å². The summed E-state index contributed by atoms with van der Waals surface area (Å²) in [6.45, 7) is 7.75. The van der Waals surface area contributed by atoms with Crippen LogP contribution in [-0.4, -0.2) is 23.5 Å². The lowest BCUT2D eigenvalue weighted by Gasteiger charge is -2.42. The number of benzene rings is 1. The first-order valence-electron chi connectivity index (χ1n) is 7.96. The first-order chi connectivity index (χ1) is 11.5. The lowest BCUT2D eigenvalue weighted by Crippen LogP contribution is -2.48. The summed E-state index contributed by atoms with van der Waals surface area (Å²) < 4.78 is 11.1. The van der Waals surface area contributed by atoms with Crippen molar-refractivity contribution >= 4 is 23.5 Å². The average Bonchev–Trinajstić information content (AvgIpc) is 2.44. The second kappa shape index (κ2) is 8.05. The van der Waals surface area contributed by atoms with Crippen LogP contribution in [0.4, 0.5) is 0 Å². The Bertz CT molecular complexity index is 624. The van der Waals surface area contributed by atoms with Gasteiger partial charge in [-0.1, -0.05) is 51.1 Å². The Morgan fingerprint density at radius 1 is 0.800 bits per heavy atom. The number of rotatable bonds is 7. The normalized spacial score (nSPS) is 11.6. The Labute approximate surface area is 147 Å². The molecule has 1 aromatic carbocycles. The molecule has 6 nitrogen and oxygen atoms in total. The van der Waals surface area contributed by atoms with Crippen LogP contribution in [0, 0.1) is 5.41 Å². The van der Waals surface area contributed by atoms with Gasteiger partial charge >= 0.3 is 11.9 Å². The molecule has 0 aliphatic heterocycles. The maximum absolute atomic E-state index is 12.2. The number of ether oxygens (including phenoxy) is 2. The summed E-state index contributed by atoms with van der Waals surface area (Å²) in [6, 6.07) is 8.52. The molecule has 6 heteroatoms. The van der Waals surface area contributed by atoms with E-state index in [1.807, 2.05) is 0 Å². The molecule has 1 aromatic rings. The molecule has 136 valence electrons. The molecule has 0 fully saturated rings. The maximum atomic E-state index is 12.2. The summed E-state index contributed by atoms with van der Waals surface area (Å²) in [5, 5.41) is 0. The second-order valence-electron chi connectivity index (χ2n) is 6.94. The number of carbonyl (C=O) groups excluding carboxylic acids is 4. The minimum atomic E-state index is -1.76. The summed E-state index contributed by atoms with van der Waals surface area (Å²) in [5.74, 6) is -4.09. The van der Waals surface area contributed by atoms with Crippen molar-refractivity contribution in [1.29, 1.82) is 0 Å². The minimum Gasteiger partial charge on any atom is -0.417 e. The van der Waals surface area contributed by atoms with Crippen LogP contribution in [0.5, 0.6) is 0 Å². The number of hydrogen-bond donors (Lipinski definition) is 0. The third-order valence-corrected chi connectivity index (χ3v) is 3.44. The predicted molar refractivity (Wildman–Crippen MR) is 90.4 cm³/mol. The summed E-state index contributed by atoms with van der Waals surface area (Å²) in [6.07, 6.45) is -0.871. The van der Waals surface area contributed by atoms with Gasteiger partial charge in [-0.15, -0.1) is 0 Å². The van der Waals surface area contributed by atoms with Gasteiger partial charge in [0.2, 0.25) is 0 Å². The molecule has 0 bridgehead atoms. The molecule has 0 unspecified atom stereocenters. The van der Waals surface area contributed by atoms with Gasteiger partial charge in [-0.3, -0.25) is 19.2 Å². The van der Waals surface area contributed by atoms with Crippen molar-refractivity contribution in [2.24, 2.45) is 5.41 Å². The largest absolute Gasteiger partial charge is 0.417 e. The van der Waals surface area contributed by atoms with E-state index in [9.17, 15) is 19.2 Å². The monoisotopic (exact) mass is 348 g/mol. The zero-order chi connectivity index (χ0) is 19.3. The van der Waals surface area contributed by atoms with Crippen molar-refractivity contribution in [2.75, 3.05) is 0 Å². The van der Waals surface area contributed by atoms with E-state index in [0.29, 0.717) is 5.56 Å². The average molecular weight is 348 g/mol. The molecule has 0 aromatic heterocycles. The quantitative estimate of drug-likeness (QED) is 0.428. The standard InChI is InChI=1S/C19H24O6/c1-13(20)11-16(22)24-19(18(3,4)5,15-9-7-6-8-10-15)25-17(23)12-14(2)21/h6-10H,11-12H2,1-5H3. The van der Waals surface area contributed by atoms with Gasteiger partial charge in [-0.25, -0.2) is 0 Å². The van der Waals surface area contributed by atoms with Crippen LogP contribution in [0.1, 0.15) is 53.0 Å². The summed E-state index contributed by atoms with van der Waals surface area (Å²) >= 11 is 0. The van der Waals surface area contributed by atoms with Crippen molar-refractivity contribution in [1.82, 2.24) is 0 Å². The number of hydrogen-bond acceptors (Lipinski definition) is 6. The van der Waals surface area contributed by atoms with E-state index < -0.39 is 36.0 Å². The topological polar surface area (TPSA) is 86.7 Å². The van der Waals surface area contributed by atoms with Crippen molar-refractivity contribution < 1.29 is 28.7 Å². The minimum absolute atomic E-state index is 0.365. The van der Waals surface area contributed by atoms with E-state index in [4.69, 9.17) is 9.47 Å². The van der Waals surface area contributed by atoms with E-state index in [0.717, 1.165) is 0 Å². The maximum Gasteiger partial charge on any atom is 0.316 e. The van der Waals surface area contributed by atoms with Crippen LogP contribution < -0.4 is 0 Å². The molecule has 0 aliphatic rings. The number of ketones is 2. The van der Waals surface area contributed by atoms with Crippen molar-refractivity contribution in [3.8, 4) is 0 Å². The Kier molecular flexibility index (Phi) is 6.62. The first-order valence-corrected chi connectivity index (χ1v) is 7.96. The highest BCUT2D eigenvalue weighted by Gasteiger charge is 2.51. The zero-order valence-electron chi connectivity index (χ0n) is 15.3. The van der Waals surface area contributed by atoms with Gasteiger partial charge in [-0.2, -0.15) is 0 Å². The fourth-order valence-corrected chi connectivity index (χ4v) is 2.33. The SMILES string of the molecule is CC(=O)CC(=O)OC(OC(=O)CC(C)=O)(c1ccccc1)C(C)(C)C. The molecular formula is C19H24O6. The van der Waals surface area contributed by atoms with Crippen LogP contribution in [0.25, 0.3) is 0 Å². The Balaban J connectivity index is 3.38. The molecule has 25 heavy (non-hydrogen) atoms. The molecule has 0 N–H and O–H groups in total. The number of Topliss-reactive ketones (excluding diaryl/α,β-unsaturated/α-hetero) is 2. The highest BCUT2D eigenvalue weighted by atomic mass is 16.7. The van der Waals surface area contributed by atoms with Crippen molar-refractivity contribution in [3.63, 3.8) is 0 Å². The van der Waals surface area contributed by atoms with Crippen LogP contribution in [0.2, 0.25) is 0 Å². The fourth-order valence-electron chi connectivity index (χ4n) is 2.33. The van der Waals surface area contributed by atoms with Crippen LogP contribution in [-0.2, 0) is 34.4 Å². The number of carbonyl (C=O) groups is 4. The fraction of sp³-hybridized carbons (Fsp3) is 0.474. The molecule has 0 aliphatic carbocycles. The Hall–Kier alpha value is -2.50. The third kappa shape index (κ3) is 5.52. The van der Waals surface area contributed by atoms with E-state index in [-0.39, 0.29) is 11.6 Å². The van der Waals surface area contributed by atoms with Crippen LogP contribution in [0.3, 0.4) is 0 Å². The Morgan fingerprint density at radius 3 is 1.52 bits per heavy atom. The molecule has 0 radical (unpaired) electrons. The van der Waals surface area contributed by atoms with Gasteiger partial charge in [0.05, 0.1) is 0 Å². The highest BCUT2D eigenvalue weighted by molar-refractivity contribution is 5.95. The lowest BCUT2D eigenvalue weighted by atomic mass is 9.80. The van der Waals surface area contributed by atoms with Gasteiger partial charge in [-0.05, 0) is 13.8 Å². The second-order valence-corrected chi connectivity index (χ2v) is 6.94. The Morgan fingerprint density at radius 2 is 1.20 bits per heavy atom. The van der Waals surface area contributed by atoms with Crippen molar-refractivity contribution in [3.05, 3.63) is 35.9 Å². The molecule has 0 saturated heterocycles. The zero-order valence-corrected chi connectivity index (χ0v) is 15.3. The van der Waals surface area contributed by atoms with Crippen LogP contribution >= 0.6 is 0 Å². The molecule has 1 rings (SSSR count). The van der Waals surface area contributed by atoms with E-state index in [1.54, 1.807) is 51.1 Å². The van der Waals surface area contributed by atoms with E-state index >= 15 is 0 Å². The number of esters is 2. The molecule has 0 amide bonds. The van der Waals surface area contributed by atoms with Gasteiger partial charge in [0.25, 0.3) is 5.79 Å². The van der Waals surface area contributed by atoms with Gasteiger partial charge in [0, 0.05) is 11.0 Å². The smallest absolute Gasteiger partial charge is 0.316 e. The summed E-state index contributed by atoms with van der Waals surface area (Å²) in [4.78, 5) is 46.9. The molecule has 0 saturated carbocycles. The van der Waals surface area contributed by atoms with Gasteiger partial charge in [0.15, 0.2) is 0 Å². The molecule has 0 spiro atoms. The molecule has 0 heterocycles. The molecule has 0 atom stereocenters. The highest BCUT2D eigenvalue weighted by Crippen LogP contribution is 2.44.